The minimum absolute atomic E-state index is 0.132. The van der Waals surface area contributed by atoms with Crippen molar-refractivity contribution in [3.63, 3.8) is 0 Å². The summed E-state index contributed by atoms with van der Waals surface area (Å²) in [6, 6.07) is 4.30. The number of anilines is 2. The van der Waals surface area contributed by atoms with Gasteiger partial charge in [-0.3, -0.25) is 4.79 Å². The van der Waals surface area contributed by atoms with Crippen LogP contribution < -0.4 is 16.0 Å². The molecule has 4 rings (SSSR count). The summed E-state index contributed by atoms with van der Waals surface area (Å²) in [7, 11) is 0. The number of carbonyl (C=O) groups excluding carboxylic acids is 1. The van der Waals surface area contributed by atoms with Gasteiger partial charge in [0.2, 0.25) is 5.91 Å². The Hall–Kier alpha value is -1.53. The standard InChI is InChI=1S/C17H21BrN4O/c18-12-5-6-13-15(16(12)22-7-1-2-11(19)9-22)14(8-20-13)21-17(23)10-3-4-10/h5-6,8,10-11,20H,1-4,7,9,19H2,(H,21,23). The highest BCUT2D eigenvalue weighted by Gasteiger charge is 2.30. The zero-order chi connectivity index (χ0) is 16.0. The fraction of sp³-hybridized carbons (Fsp3) is 0.471. The van der Waals surface area contributed by atoms with Gasteiger partial charge >= 0.3 is 0 Å². The molecular weight excluding hydrogens is 356 g/mol. The highest BCUT2D eigenvalue weighted by Crippen LogP contribution is 2.40. The Bertz CT molecular complexity index is 752. The summed E-state index contributed by atoms with van der Waals surface area (Å²) in [4.78, 5) is 17.8. The summed E-state index contributed by atoms with van der Waals surface area (Å²) in [5.41, 5.74) is 9.20. The van der Waals surface area contributed by atoms with Crippen LogP contribution in [0.25, 0.3) is 10.9 Å². The van der Waals surface area contributed by atoms with Gasteiger partial charge in [-0.2, -0.15) is 0 Å². The average Bonchev–Trinajstić information content (AvgIpc) is 3.31. The third kappa shape index (κ3) is 2.85. The van der Waals surface area contributed by atoms with Crippen molar-refractivity contribution in [2.24, 2.45) is 11.7 Å². The lowest BCUT2D eigenvalue weighted by molar-refractivity contribution is -0.117. The Morgan fingerprint density at radius 1 is 1.35 bits per heavy atom. The summed E-state index contributed by atoms with van der Waals surface area (Å²) < 4.78 is 1.04. The first-order chi connectivity index (χ1) is 11.1. The number of benzene rings is 1. The summed E-state index contributed by atoms with van der Waals surface area (Å²) in [5, 5.41) is 4.17. The molecule has 1 aromatic heterocycles. The minimum atomic E-state index is 0.132. The zero-order valence-electron chi connectivity index (χ0n) is 12.9. The van der Waals surface area contributed by atoms with Crippen LogP contribution in [-0.4, -0.2) is 30.0 Å². The molecule has 2 aliphatic rings. The second-order valence-electron chi connectivity index (χ2n) is 6.63. The predicted molar refractivity (Wildman–Crippen MR) is 96.8 cm³/mol. The molecule has 1 amide bonds. The van der Waals surface area contributed by atoms with Crippen molar-refractivity contribution in [1.29, 1.82) is 0 Å². The van der Waals surface area contributed by atoms with Crippen molar-refractivity contribution in [3.8, 4) is 0 Å². The van der Waals surface area contributed by atoms with Crippen LogP contribution in [0.2, 0.25) is 0 Å². The molecule has 1 unspecified atom stereocenters. The molecule has 0 bridgehead atoms. The number of halogens is 1. The molecule has 2 aromatic rings. The first-order valence-corrected chi connectivity index (χ1v) is 9.04. The molecule has 1 aromatic carbocycles. The molecule has 0 radical (unpaired) electrons. The van der Waals surface area contributed by atoms with Crippen LogP contribution in [0.4, 0.5) is 11.4 Å². The summed E-state index contributed by atoms with van der Waals surface area (Å²) in [6.07, 6.45) is 6.07. The largest absolute Gasteiger partial charge is 0.368 e. The number of piperidine rings is 1. The monoisotopic (exact) mass is 376 g/mol. The van der Waals surface area contributed by atoms with Crippen LogP contribution in [0.15, 0.2) is 22.8 Å². The zero-order valence-corrected chi connectivity index (χ0v) is 14.5. The maximum atomic E-state index is 12.2. The number of carbonyl (C=O) groups is 1. The van der Waals surface area contributed by atoms with Gasteiger partial charge in [0, 0.05) is 46.6 Å². The second-order valence-corrected chi connectivity index (χ2v) is 7.49. The third-order valence-corrected chi connectivity index (χ3v) is 5.39. The molecule has 1 saturated heterocycles. The van der Waals surface area contributed by atoms with Crippen molar-refractivity contribution in [2.75, 3.05) is 23.3 Å². The Labute approximate surface area is 143 Å². The number of aromatic nitrogens is 1. The van der Waals surface area contributed by atoms with Crippen LogP contribution in [0.3, 0.4) is 0 Å². The van der Waals surface area contributed by atoms with E-state index < -0.39 is 0 Å². The number of nitrogens with zero attached hydrogens (tertiary/aromatic N) is 1. The number of rotatable bonds is 3. The number of nitrogens with two attached hydrogens (primary N) is 1. The van der Waals surface area contributed by atoms with Crippen LogP contribution in [-0.2, 0) is 4.79 Å². The third-order valence-electron chi connectivity index (χ3n) is 4.75. The molecule has 122 valence electrons. The van der Waals surface area contributed by atoms with Gasteiger partial charge in [0.05, 0.1) is 11.4 Å². The van der Waals surface area contributed by atoms with E-state index in [0.717, 1.165) is 65.5 Å². The number of hydrogen-bond acceptors (Lipinski definition) is 3. The summed E-state index contributed by atoms with van der Waals surface area (Å²) in [6.45, 7) is 1.84. The normalized spacial score (nSPS) is 21.7. The number of H-pyrrole nitrogens is 1. The fourth-order valence-electron chi connectivity index (χ4n) is 3.38. The van der Waals surface area contributed by atoms with Crippen LogP contribution in [0.5, 0.6) is 0 Å². The lowest BCUT2D eigenvalue weighted by Gasteiger charge is -2.34. The molecule has 1 aliphatic carbocycles. The maximum absolute atomic E-state index is 12.2. The first-order valence-electron chi connectivity index (χ1n) is 8.24. The van der Waals surface area contributed by atoms with Crippen molar-refractivity contribution in [2.45, 2.75) is 31.7 Å². The topological polar surface area (TPSA) is 74.2 Å². The highest BCUT2D eigenvalue weighted by molar-refractivity contribution is 9.10. The molecule has 0 spiro atoms. The van der Waals surface area contributed by atoms with E-state index in [1.54, 1.807) is 0 Å². The molecule has 4 N–H and O–H groups in total. The average molecular weight is 377 g/mol. The molecule has 1 saturated carbocycles. The van der Waals surface area contributed by atoms with E-state index in [1.165, 1.54) is 0 Å². The Morgan fingerprint density at radius 3 is 2.91 bits per heavy atom. The highest BCUT2D eigenvalue weighted by atomic mass is 79.9. The van der Waals surface area contributed by atoms with Gasteiger partial charge in [-0.25, -0.2) is 0 Å². The van der Waals surface area contributed by atoms with Gasteiger partial charge in [0.1, 0.15) is 0 Å². The maximum Gasteiger partial charge on any atom is 0.227 e. The van der Waals surface area contributed by atoms with E-state index >= 15 is 0 Å². The van der Waals surface area contributed by atoms with Crippen molar-refractivity contribution >= 4 is 44.1 Å². The lowest BCUT2D eigenvalue weighted by Crippen LogP contribution is -2.43. The minimum Gasteiger partial charge on any atom is -0.368 e. The summed E-state index contributed by atoms with van der Waals surface area (Å²) in [5.74, 6) is 0.325. The predicted octanol–water partition coefficient (Wildman–Crippen LogP) is 3.21. The Balaban J connectivity index is 1.76. The van der Waals surface area contributed by atoms with Crippen molar-refractivity contribution in [3.05, 3.63) is 22.8 Å². The van der Waals surface area contributed by atoms with Gasteiger partial charge in [-0.15, -0.1) is 0 Å². The first kappa shape index (κ1) is 15.0. The van der Waals surface area contributed by atoms with Gasteiger partial charge in [-0.05, 0) is 53.7 Å². The van der Waals surface area contributed by atoms with E-state index in [0.29, 0.717) is 0 Å². The van der Waals surface area contributed by atoms with Gasteiger partial charge in [0.15, 0.2) is 0 Å². The molecule has 1 aliphatic heterocycles. The second kappa shape index (κ2) is 5.83. The van der Waals surface area contributed by atoms with Crippen LogP contribution in [0, 0.1) is 5.92 Å². The van der Waals surface area contributed by atoms with E-state index in [9.17, 15) is 4.79 Å². The number of fused-ring (bicyclic) bond motifs is 1. The van der Waals surface area contributed by atoms with Crippen LogP contribution >= 0.6 is 15.9 Å². The fourth-order valence-corrected chi connectivity index (χ4v) is 3.96. The lowest BCUT2D eigenvalue weighted by atomic mass is 10.0. The summed E-state index contributed by atoms with van der Waals surface area (Å²) >= 11 is 3.69. The number of amides is 1. The molecule has 2 heterocycles. The number of nitrogens with one attached hydrogen (secondary N) is 2. The smallest absolute Gasteiger partial charge is 0.227 e. The van der Waals surface area contributed by atoms with Crippen molar-refractivity contribution in [1.82, 2.24) is 4.98 Å². The molecule has 23 heavy (non-hydrogen) atoms. The molecular formula is C17H21BrN4O. The van der Waals surface area contributed by atoms with E-state index in [1.807, 2.05) is 12.3 Å². The SMILES string of the molecule is NC1CCCN(c2c(Br)ccc3[nH]cc(NC(=O)C4CC4)c23)C1. The molecule has 1 atom stereocenters. The van der Waals surface area contributed by atoms with Gasteiger partial charge < -0.3 is 20.9 Å². The van der Waals surface area contributed by atoms with E-state index in [2.05, 4.69) is 37.2 Å². The van der Waals surface area contributed by atoms with Gasteiger partial charge in [0.25, 0.3) is 0 Å². The quantitative estimate of drug-likeness (QED) is 0.769. The van der Waals surface area contributed by atoms with E-state index in [-0.39, 0.29) is 17.9 Å². The number of aromatic amines is 1. The van der Waals surface area contributed by atoms with E-state index in [4.69, 9.17) is 5.73 Å². The van der Waals surface area contributed by atoms with Gasteiger partial charge in [-0.1, -0.05) is 0 Å². The molecule has 2 fully saturated rings. The molecule has 5 nitrogen and oxygen atoms in total. The Kier molecular flexibility index (Phi) is 3.81. The molecule has 6 heteroatoms. The van der Waals surface area contributed by atoms with Crippen molar-refractivity contribution < 1.29 is 4.79 Å². The number of hydrogen-bond donors (Lipinski definition) is 3. The van der Waals surface area contributed by atoms with Crippen LogP contribution in [0.1, 0.15) is 25.7 Å². The Morgan fingerprint density at radius 2 is 2.17 bits per heavy atom.